The zero-order valence-corrected chi connectivity index (χ0v) is 16.8. The van der Waals surface area contributed by atoms with Crippen LogP contribution in [0, 0.1) is 17.8 Å². The van der Waals surface area contributed by atoms with Crippen LogP contribution in [0.4, 0.5) is 0 Å². The molecule has 0 spiro atoms. The average molecular weight is 394 g/mol. The summed E-state index contributed by atoms with van der Waals surface area (Å²) in [7, 11) is 3.20. The van der Waals surface area contributed by atoms with E-state index in [1.54, 1.807) is 13.4 Å². The van der Waals surface area contributed by atoms with Gasteiger partial charge in [0.2, 0.25) is 0 Å². The van der Waals surface area contributed by atoms with Crippen LogP contribution in [0.25, 0.3) is 11.2 Å². The van der Waals surface area contributed by atoms with Gasteiger partial charge in [0.1, 0.15) is 0 Å². The van der Waals surface area contributed by atoms with Crippen LogP contribution in [-0.2, 0) is 20.6 Å². The highest BCUT2D eigenvalue weighted by atomic mass is 35.5. The molecule has 0 radical (unpaired) electrons. The van der Waals surface area contributed by atoms with Crippen molar-refractivity contribution in [1.29, 1.82) is 0 Å². The maximum atomic E-state index is 12.5. The topological polar surface area (TPSA) is 78.4 Å². The SMILES string of the molecule is Cn1c(=O)c2c(ncn2CC[NH2+]C23CC4CC(CC(C4)C2)C3)n(C)c1=O.[Cl-]. The number of imidazole rings is 1. The van der Waals surface area contributed by atoms with Crippen LogP contribution < -0.4 is 29.0 Å². The number of halogens is 1. The lowest BCUT2D eigenvalue weighted by Gasteiger charge is -2.54. The van der Waals surface area contributed by atoms with Crippen LogP contribution in [0.15, 0.2) is 15.9 Å². The highest BCUT2D eigenvalue weighted by Crippen LogP contribution is 2.54. The van der Waals surface area contributed by atoms with Crippen molar-refractivity contribution in [2.75, 3.05) is 6.54 Å². The Morgan fingerprint density at radius 1 is 1.07 bits per heavy atom. The van der Waals surface area contributed by atoms with Crippen LogP contribution in [0.3, 0.4) is 0 Å². The molecule has 2 N–H and O–H groups in total. The van der Waals surface area contributed by atoms with Crippen LogP contribution >= 0.6 is 0 Å². The molecule has 148 valence electrons. The second-order valence-electron chi connectivity index (χ2n) is 9.09. The fraction of sp³-hybridized carbons (Fsp3) is 0.737. The van der Waals surface area contributed by atoms with Gasteiger partial charge in [-0.05, 0) is 37.0 Å². The molecular weight excluding hydrogens is 366 g/mol. The van der Waals surface area contributed by atoms with Crippen molar-refractivity contribution in [3.8, 4) is 0 Å². The number of quaternary nitrogens is 1. The lowest BCUT2D eigenvalue weighted by atomic mass is 9.53. The minimum absolute atomic E-state index is 0. The number of nitrogens with zero attached hydrogens (tertiary/aromatic N) is 4. The van der Waals surface area contributed by atoms with Gasteiger partial charge in [-0.15, -0.1) is 0 Å². The van der Waals surface area contributed by atoms with Crippen LogP contribution in [0.2, 0.25) is 0 Å². The summed E-state index contributed by atoms with van der Waals surface area (Å²) in [5.41, 5.74) is 0.882. The normalized spacial score (nSPS) is 31.4. The minimum Gasteiger partial charge on any atom is -1.00 e. The van der Waals surface area contributed by atoms with E-state index in [4.69, 9.17) is 0 Å². The van der Waals surface area contributed by atoms with Gasteiger partial charge in [0.05, 0.1) is 25.0 Å². The summed E-state index contributed by atoms with van der Waals surface area (Å²) in [6, 6.07) is 0. The lowest BCUT2D eigenvalue weighted by Crippen LogP contribution is -3.00. The molecule has 2 aromatic rings. The summed E-state index contributed by atoms with van der Waals surface area (Å²) >= 11 is 0. The first-order valence-electron chi connectivity index (χ1n) is 9.91. The quantitative estimate of drug-likeness (QED) is 0.600. The summed E-state index contributed by atoms with van der Waals surface area (Å²) in [6.07, 6.45) is 10.2. The smallest absolute Gasteiger partial charge is 0.332 e. The van der Waals surface area contributed by atoms with Crippen molar-refractivity contribution in [2.24, 2.45) is 31.8 Å². The monoisotopic (exact) mass is 393 g/mol. The van der Waals surface area contributed by atoms with E-state index in [2.05, 4.69) is 10.3 Å². The first-order chi connectivity index (χ1) is 12.5. The van der Waals surface area contributed by atoms with Gasteiger partial charge in [-0.2, -0.15) is 0 Å². The number of hydrogen-bond donors (Lipinski definition) is 1. The first kappa shape index (κ1) is 18.7. The van der Waals surface area contributed by atoms with E-state index in [1.807, 2.05) is 4.57 Å². The molecule has 7 nitrogen and oxygen atoms in total. The van der Waals surface area contributed by atoms with Gasteiger partial charge in [-0.25, -0.2) is 9.78 Å². The zero-order chi connectivity index (χ0) is 18.1. The predicted octanol–water partition coefficient (Wildman–Crippen LogP) is -3.03. The molecule has 4 bridgehead atoms. The van der Waals surface area contributed by atoms with Gasteiger partial charge in [-0.1, -0.05) is 0 Å². The van der Waals surface area contributed by atoms with Gasteiger partial charge in [0.25, 0.3) is 5.56 Å². The predicted molar refractivity (Wildman–Crippen MR) is 97.9 cm³/mol. The van der Waals surface area contributed by atoms with E-state index in [1.165, 1.54) is 54.7 Å². The molecule has 2 heterocycles. The molecule has 8 heteroatoms. The Morgan fingerprint density at radius 3 is 2.26 bits per heavy atom. The molecule has 27 heavy (non-hydrogen) atoms. The number of hydrogen-bond acceptors (Lipinski definition) is 3. The number of aryl methyl sites for hydroxylation is 1. The van der Waals surface area contributed by atoms with E-state index in [0.29, 0.717) is 16.7 Å². The van der Waals surface area contributed by atoms with E-state index < -0.39 is 0 Å². The number of fused-ring (bicyclic) bond motifs is 1. The van der Waals surface area contributed by atoms with Crippen molar-refractivity contribution < 1.29 is 17.7 Å². The molecule has 4 fully saturated rings. The molecule has 0 saturated heterocycles. The summed E-state index contributed by atoms with van der Waals surface area (Å²) < 4.78 is 4.55. The van der Waals surface area contributed by atoms with Crippen molar-refractivity contribution in [2.45, 2.75) is 50.6 Å². The third-order valence-electron chi connectivity index (χ3n) is 7.25. The number of aromatic nitrogens is 4. The highest BCUT2D eigenvalue weighted by Gasteiger charge is 2.53. The van der Waals surface area contributed by atoms with Crippen molar-refractivity contribution in [3.05, 3.63) is 27.2 Å². The second-order valence-corrected chi connectivity index (χ2v) is 9.09. The fourth-order valence-electron chi connectivity index (χ4n) is 6.50. The van der Waals surface area contributed by atoms with Gasteiger partial charge in [-0.3, -0.25) is 13.9 Å². The standard InChI is InChI=1S/C19H27N5O2.ClH/c1-22-16-15(17(25)23(2)18(22)26)24(11-20-16)4-3-21-19-8-12-5-13(9-19)7-14(6-12)10-19;/h11-14,21H,3-10H2,1-2H3;1H. The van der Waals surface area contributed by atoms with E-state index in [0.717, 1.165) is 30.8 Å². The zero-order valence-electron chi connectivity index (χ0n) is 16.0. The summed E-state index contributed by atoms with van der Waals surface area (Å²) in [6.45, 7) is 1.72. The molecule has 0 aliphatic heterocycles. The average Bonchev–Trinajstić information content (AvgIpc) is 3.01. The largest absolute Gasteiger partial charge is 1.00 e. The third kappa shape index (κ3) is 2.86. The lowest BCUT2D eigenvalue weighted by molar-refractivity contribution is -0.739. The van der Waals surface area contributed by atoms with Crippen molar-refractivity contribution in [1.82, 2.24) is 18.7 Å². The molecule has 4 saturated carbocycles. The molecule has 4 aliphatic rings. The Morgan fingerprint density at radius 2 is 1.67 bits per heavy atom. The molecule has 2 aromatic heterocycles. The van der Waals surface area contributed by atoms with Gasteiger partial charge in [0.15, 0.2) is 11.2 Å². The summed E-state index contributed by atoms with van der Waals surface area (Å²) in [5, 5.41) is 2.57. The van der Waals surface area contributed by atoms with Crippen LogP contribution in [0.1, 0.15) is 38.5 Å². The molecule has 0 unspecified atom stereocenters. The van der Waals surface area contributed by atoms with Crippen LogP contribution in [0.5, 0.6) is 0 Å². The molecular formula is C19H28ClN5O2. The minimum atomic E-state index is -0.326. The molecule has 0 atom stereocenters. The van der Waals surface area contributed by atoms with Crippen LogP contribution in [-0.4, -0.2) is 30.8 Å². The second kappa shape index (κ2) is 6.48. The Bertz CT molecular complexity index is 953. The Labute approximate surface area is 164 Å². The molecule has 6 rings (SSSR count). The Kier molecular flexibility index (Phi) is 4.50. The van der Waals surface area contributed by atoms with Crippen molar-refractivity contribution in [3.63, 3.8) is 0 Å². The number of rotatable bonds is 4. The van der Waals surface area contributed by atoms with Gasteiger partial charge in [0, 0.05) is 33.4 Å². The summed E-state index contributed by atoms with van der Waals surface area (Å²) in [5.74, 6) is 2.86. The maximum absolute atomic E-state index is 12.5. The third-order valence-corrected chi connectivity index (χ3v) is 7.25. The Balaban J connectivity index is 0.00000180. The summed E-state index contributed by atoms with van der Waals surface area (Å²) in [4.78, 5) is 28.9. The fourth-order valence-corrected chi connectivity index (χ4v) is 6.50. The van der Waals surface area contributed by atoms with Gasteiger partial charge < -0.3 is 22.3 Å². The number of nitrogens with two attached hydrogens (primary N) is 1. The first-order valence-corrected chi connectivity index (χ1v) is 9.91. The van der Waals surface area contributed by atoms with E-state index >= 15 is 0 Å². The van der Waals surface area contributed by atoms with Gasteiger partial charge >= 0.3 is 5.69 Å². The Hall–Kier alpha value is -1.60. The molecule has 0 aromatic carbocycles. The van der Waals surface area contributed by atoms with E-state index in [9.17, 15) is 9.59 Å². The van der Waals surface area contributed by atoms with Crippen molar-refractivity contribution >= 4 is 11.2 Å². The maximum Gasteiger partial charge on any atom is 0.332 e. The molecule has 0 amide bonds. The molecule has 4 aliphatic carbocycles. The van der Waals surface area contributed by atoms with E-state index in [-0.39, 0.29) is 23.7 Å². The highest BCUT2D eigenvalue weighted by molar-refractivity contribution is 5.69.